The average Bonchev–Trinajstić information content (AvgIpc) is 3.45. The molecule has 0 saturated heterocycles. The molecule has 0 radical (unpaired) electrons. The summed E-state index contributed by atoms with van der Waals surface area (Å²) >= 11 is 0. The standard InChI is InChI=1S/C33H47N7O4Si/c1-22-16-27(40(38-22)14-15-42-9)37-29-35-13-12-26(36-29)23-17-24(19-34)28-25(18-23)33(8,21-43-45(10,11)32(5,6)7)20-39(28)30(41)44-31(2,3)4/h12-13,16-18H,14-15,20-21H2,1-11H3,(H,35,36,37)/t33-/m0/s1. The summed E-state index contributed by atoms with van der Waals surface area (Å²) in [7, 11) is -0.475. The minimum absolute atomic E-state index is 0.0111. The summed E-state index contributed by atoms with van der Waals surface area (Å²) in [4.78, 5) is 24.4. The first-order valence-corrected chi connectivity index (χ1v) is 18.2. The highest BCUT2D eigenvalue weighted by Gasteiger charge is 2.47. The van der Waals surface area contributed by atoms with E-state index in [0.717, 1.165) is 22.6 Å². The fourth-order valence-electron chi connectivity index (χ4n) is 4.97. The molecular formula is C33H47N7O4Si. The Balaban J connectivity index is 1.77. The van der Waals surface area contributed by atoms with Gasteiger partial charge < -0.3 is 19.2 Å². The first-order chi connectivity index (χ1) is 20.9. The van der Waals surface area contributed by atoms with Crippen LogP contribution in [0.25, 0.3) is 11.3 Å². The zero-order valence-electron chi connectivity index (χ0n) is 28.5. The highest BCUT2D eigenvalue weighted by molar-refractivity contribution is 6.74. The Bertz CT molecular complexity index is 1600. The van der Waals surface area contributed by atoms with Crippen LogP contribution >= 0.6 is 0 Å². The molecule has 1 N–H and O–H groups in total. The number of carbonyl (C=O) groups is 1. The van der Waals surface area contributed by atoms with Gasteiger partial charge in [0.25, 0.3) is 0 Å². The molecule has 0 unspecified atom stereocenters. The van der Waals surface area contributed by atoms with Crippen molar-refractivity contribution in [3.8, 4) is 17.3 Å². The molecule has 0 aliphatic carbocycles. The molecule has 242 valence electrons. The van der Waals surface area contributed by atoms with E-state index in [9.17, 15) is 10.1 Å². The van der Waals surface area contributed by atoms with E-state index < -0.39 is 25.4 Å². The Morgan fingerprint density at radius 3 is 2.51 bits per heavy atom. The first kappa shape index (κ1) is 34.1. The van der Waals surface area contributed by atoms with Gasteiger partial charge in [-0.1, -0.05) is 27.7 Å². The van der Waals surface area contributed by atoms with Gasteiger partial charge in [-0.2, -0.15) is 10.4 Å². The number of amides is 1. The molecule has 1 aliphatic heterocycles. The number of aryl methyl sites for hydroxylation is 1. The number of methoxy groups -OCH3 is 1. The molecule has 1 amide bonds. The lowest BCUT2D eigenvalue weighted by atomic mass is 9.83. The molecule has 0 spiro atoms. The number of nitrogens with zero attached hydrogens (tertiary/aromatic N) is 6. The Labute approximate surface area is 268 Å². The Morgan fingerprint density at radius 2 is 1.89 bits per heavy atom. The molecule has 12 heteroatoms. The van der Waals surface area contributed by atoms with Gasteiger partial charge in [0.15, 0.2) is 8.32 Å². The molecule has 45 heavy (non-hydrogen) atoms. The highest BCUT2D eigenvalue weighted by atomic mass is 28.4. The summed E-state index contributed by atoms with van der Waals surface area (Å²) < 4.78 is 19.6. The molecule has 11 nitrogen and oxygen atoms in total. The molecule has 0 fully saturated rings. The van der Waals surface area contributed by atoms with E-state index in [4.69, 9.17) is 18.9 Å². The second-order valence-corrected chi connectivity index (χ2v) is 19.3. The maximum Gasteiger partial charge on any atom is 0.414 e. The van der Waals surface area contributed by atoms with Crippen molar-refractivity contribution in [2.24, 2.45) is 0 Å². The molecule has 1 aliphatic rings. The molecule has 1 aromatic carbocycles. The van der Waals surface area contributed by atoms with Gasteiger partial charge in [-0.05, 0) is 69.6 Å². The molecule has 0 saturated carbocycles. The van der Waals surface area contributed by atoms with Crippen LogP contribution in [0.1, 0.15) is 65.3 Å². The van der Waals surface area contributed by atoms with Gasteiger partial charge in [0, 0.05) is 43.5 Å². The zero-order chi connectivity index (χ0) is 33.4. The van der Waals surface area contributed by atoms with Gasteiger partial charge in [-0.25, -0.2) is 19.4 Å². The number of aromatic nitrogens is 4. The van der Waals surface area contributed by atoms with E-state index in [1.165, 1.54) is 0 Å². The number of fused-ring (bicyclic) bond motifs is 1. The quantitative estimate of drug-likeness (QED) is 0.249. The number of anilines is 3. The minimum atomic E-state index is -2.13. The lowest BCUT2D eigenvalue weighted by Gasteiger charge is -2.39. The van der Waals surface area contributed by atoms with Crippen molar-refractivity contribution in [3.05, 3.63) is 47.3 Å². The summed E-state index contributed by atoms with van der Waals surface area (Å²) in [6.45, 7) is 22.4. The van der Waals surface area contributed by atoms with Crippen LogP contribution in [0.4, 0.5) is 22.2 Å². The maximum absolute atomic E-state index is 13.5. The second-order valence-electron chi connectivity index (χ2n) is 14.5. The van der Waals surface area contributed by atoms with E-state index >= 15 is 0 Å². The van der Waals surface area contributed by atoms with Crippen molar-refractivity contribution in [1.29, 1.82) is 5.26 Å². The van der Waals surface area contributed by atoms with Crippen LogP contribution in [-0.4, -0.2) is 66.6 Å². The SMILES string of the molecule is COCCn1nc(C)cc1Nc1nccc(-c2cc(C#N)c3c(c2)[C@](C)(CO[Si](C)(C)C(C)(C)C)CN3C(=O)OC(C)(C)C)n1. The smallest absolute Gasteiger partial charge is 0.414 e. The van der Waals surface area contributed by atoms with E-state index in [-0.39, 0.29) is 5.04 Å². The zero-order valence-corrected chi connectivity index (χ0v) is 29.5. The summed E-state index contributed by atoms with van der Waals surface area (Å²) in [6, 6.07) is 9.87. The van der Waals surface area contributed by atoms with Crippen molar-refractivity contribution >= 4 is 31.9 Å². The number of rotatable bonds is 9. The topological polar surface area (TPSA) is 127 Å². The molecule has 3 aromatic rings. The first-order valence-electron chi connectivity index (χ1n) is 15.2. The number of hydrogen-bond acceptors (Lipinski definition) is 9. The lowest BCUT2D eigenvalue weighted by molar-refractivity contribution is 0.0575. The molecule has 1 atom stereocenters. The third-order valence-corrected chi connectivity index (χ3v) is 12.9. The van der Waals surface area contributed by atoms with E-state index in [1.807, 2.05) is 50.6 Å². The van der Waals surface area contributed by atoms with E-state index in [2.05, 4.69) is 62.3 Å². The number of ether oxygens (including phenoxy) is 2. The van der Waals surface area contributed by atoms with Gasteiger partial charge in [0.2, 0.25) is 5.95 Å². The summed E-state index contributed by atoms with van der Waals surface area (Å²) in [6.07, 6.45) is 1.19. The minimum Gasteiger partial charge on any atom is -0.443 e. The molecule has 2 aromatic heterocycles. The number of hydrogen-bond donors (Lipinski definition) is 1. The van der Waals surface area contributed by atoms with Gasteiger partial charge in [-0.3, -0.25) is 4.90 Å². The maximum atomic E-state index is 13.5. The fraction of sp³-hybridized carbons (Fsp3) is 0.545. The Hall–Kier alpha value is -3.79. The third-order valence-electron chi connectivity index (χ3n) is 8.43. The van der Waals surface area contributed by atoms with Gasteiger partial charge >= 0.3 is 6.09 Å². The largest absolute Gasteiger partial charge is 0.443 e. The Kier molecular flexibility index (Phi) is 9.50. The predicted molar refractivity (Wildman–Crippen MR) is 178 cm³/mol. The number of nitriles is 1. The van der Waals surface area contributed by atoms with Crippen molar-refractivity contribution in [2.45, 2.75) is 91.1 Å². The third kappa shape index (κ3) is 7.54. The van der Waals surface area contributed by atoms with Crippen molar-refractivity contribution in [1.82, 2.24) is 19.7 Å². The van der Waals surface area contributed by atoms with Crippen LogP contribution in [0.5, 0.6) is 0 Å². The number of nitrogens with one attached hydrogen (secondary N) is 1. The number of benzene rings is 1. The van der Waals surface area contributed by atoms with Crippen molar-refractivity contribution in [2.75, 3.05) is 37.1 Å². The van der Waals surface area contributed by atoms with Crippen LogP contribution < -0.4 is 10.2 Å². The monoisotopic (exact) mass is 633 g/mol. The molecule has 0 bridgehead atoms. The van der Waals surface area contributed by atoms with Crippen molar-refractivity contribution < 1.29 is 18.7 Å². The highest BCUT2D eigenvalue weighted by Crippen LogP contribution is 2.47. The Morgan fingerprint density at radius 1 is 1.18 bits per heavy atom. The summed E-state index contributed by atoms with van der Waals surface area (Å²) in [5, 5.41) is 18.2. The molecular weight excluding hydrogens is 586 g/mol. The predicted octanol–water partition coefficient (Wildman–Crippen LogP) is 6.94. The van der Waals surface area contributed by atoms with Crippen LogP contribution in [0.15, 0.2) is 30.5 Å². The molecule has 4 rings (SSSR count). The second kappa shape index (κ2) is 12.5. The van der Waals surface area contributed by atoms with Gasteiger partial charge in [0.1, 0.15) is 17.5 Å². The molecule has 3 heterocycles. The van der Waals surface area contributed by atoms with E-state index in [1.54, 1.807) is 24.3 Å². The van der Waals surface area contributed by atoms with Crippen LogP contribution in [0.2, 0.25) is 18.1 Å². The number of carbonyl (C=O) groups excluding carboxylic acids is 1. The summed E-state index contributed by atoms with van der Waals surface area (Å²) in [5.41, 5.74) is 2.72. The normalized spacial score (nSPS) is 16.8. The lowest BCUT2D eigenvalue weighted by Crippen LogP contribution is -2.46. The van der Waals surface area contributed by atoms with Crippen LogP contribution in [0, 0.1) is 18.3 Å². The van der Waals surface area contributed by atoms with Crippen LogP contribution in [0.3, 0.4) is 0 Å². The fourth-order valence-corrected chi connectivity index (χ4v) is 6.09. The van der Waals surface area contributed by atoms with Crippen molar-refractivity contribution in [3.63, 3.8) is 0 Å². The van der Waals surface area contributed by atoms with Gasteiger partial charge in [0.05, 0.1) is 35.8 Å². The average molecular weight is 634 g/mol. The van der Waals surface area contributed by atoms with Crippen LogP contribution in [-0.2, 0) is 25.9 Å². The van der Waals surface area contributed by atoms with E-state index in [0.29, 0.717) is 49.2 Å². The summed E-state index contributed by atoms with van der Waals surface area (Å²) in [5.74, 6) is 1.14. The van der Waals surface area contributed by atoms with Gasteiger partial charge in [-0.15, -0.1) is 0 Å².